The number of hydrogen-bond acceptors (Lipinski definition) is 8. The number of aliphatic carboxylic acids is 1. The normalized spacial score (nSPS) is 18.0. The van der Waals surface area contributed by atoms with Crippen molar-refractivity contribution in [1.29, 1.82) is 0 Å². The smallest absolute Gasteiger partial charge is 0.328 e. The zero-order valence-electron chi connectivity index (χ0n) is 17.9. The summed E-state index contributed by atoms with van der Waals surface area (Å²) < 4.78 is 0. The van der Waals surface area contributed by atoms with Gasteiger partial charge < -0.3 is 42.2 Å². The van der Waals surface area contributed by atoms with Crippen LogP contribution in [0.25, 0.3) is 0 Å². The molecule has 1 aliphatic heterocycles. The molecule has 4 atom stereocenters. The summed E-state index contributed by atoms with van der Waals surface area (Å²) in [5.41, 5.74) is 5.70. The Bertz CT molecular complexity index is 840. The summed E-state index contributed by atoms with van der Waals surface area (Å²) in [6.07, 6.45) is 3.90. The standard InChI is InChI=1S/C19H29N7O7/c20-15(28)4-3-12(17(30)26-14(8-27)19(32)33)24-18(31)13(6-10-7-21-9-23-10)25-16(29)11-2-1-5-22-11/h7,9,11-14,22,27H,1-6,8H2,(H2,20,28)(H,21,23)(H,24,31)(H,25,29)(H,26,30)(H,32,33). The van der Waals surface area contributed by atoms with Crippen molar-refractivity contribution < 1.29 is 34.2 Å². The van der Waals surface area contributed by atoms with Crippen molar-refractivity contribution >= 4 is 29.6 Å². The molecule has 33 heavy (non-hydrogen) atoms. The van der Waals surface area contributed by atoms with E-state index in [-0.39, 0.29) is 25.2 Å². The Morgan fingerprint density at radius 1 is 1.12 bits per heavy atom. The van der Waals surface area contributed by atoms with E-state index in [0.29, 0.717) is 18.7 Å². The Labute approximate surface area is 189 Å². The number of nitrogens with two attached hydrogens (primary N) is 1. The number of nitrogens with one attached hydrogen (secondary N) is 5. The summed E-state index contributed by atoms with van der Waals surface area (Å²) in [5, 5.41) is 28.4. The van der Waals surface area contributed by atoms with Crippen LogP contribution in [-0.4, -0.2) is 87.1 Å². The second-order valence-corrected chi connectivity index (χ2v) is 7.64. The van der Waals surface area contributed by atoms with Gasteiger partial charge in [-0.1, -0.05) is 0 Å². The van der Waals surface area contributed by atoms with Gasteiger partial charge in [0.15, 0.2) is 0 Å². The maximum absolute atomic E-state index is 13.0. The van der Waals surface area contributed by atoms with Crippen LogP contribution in [-0.2, 0) is 30.4 Å². The van der Waals surface area contributed by atoms with E-state index >= 15 is 0 Å². The van der Waals surface area contributed by atoms with Crippen LogP contribution in [0, 0.1) is 0 Å². The Balaban J connectivity index is 2.14. The predicted molar refractivity (Wildman–Crippen MR) is 112 cm³/mol. The molecule has 1 saturated heterocycles. The lowest BCUT2D eigenvalue weighted by molar-refractivity contribution is -0.143. The largest absolute Gasteiger partial charge is 0.480 e. The zero-order valence-corrected chi connectivity index (χ0v) is 17.9. The first-order chi connectivity index (χ1) is 15.7. The van der Waals surface area contributed by atoms with Crippen LogP contribution in [0.3, 0.4) is 0 Å². The summed E-state index contributed by atoms with van der Waals surface area (Å²) >= 11 is 0. The minimum Gasteiger partial charge on any atom is -0.480 e. The summed E-state index contributed by atoms with van der Waals surface area (Å²) in [6.45, 7) is -0.190. The van der Waals surface area contributed by atoms with Gasteiger partial charge in [-0.05, 0) is 25.8 Å². The van der Waals surface area contributed by atoms with Crippen molar-refractivity contribution in [2.24, 2.45) is 5.73 Å². The van der Waals surface area contributed by atoms with Crippen LogP contribution in [0.15, 0.2) is 12.5 Å². The van der Waals surface area contributed by atoms with E-state index < -0.39 is 54.5 Å². The Hall–Kier alpha value is -3.52. The number of rotatable bonds is 13. The molecule has 0 aromatic carbocycles. The second kappa shape index (κ2) is 12.5. The molecule has 9 N–H and O–H groups in total. The minimum absolute atomic E-state index is 0.0445. The minimum atomic E-state index is -1.60. The van der Waals surface area contributed by atoms with Crippen LogP contribution < -0.4 is 27.0 Å². The van der Waals surface area contributed by atoms with Gasteiger partial charge in [0.1, 0.15) is 18.1 Å². The van der Waals surface area contributed by atoms with Crippen LogP contribution in [0.2, 0.25) is 0 Å². The van der Waals surface area contributed by atoms with E-state index in [1.165, 1.54) is 12.5 Å². The molecule has 14 heteroatoms. The number of amides is 4. The number of aromatic amines is 1. The monoisotopic (exact) mass is 467 g/mol. The number of carboxylic acids is 1. The Morgan fingerprint density at radius 3 is 2.36 bits per heavy atom. The lowest BCUT2D eigenvalue weighted by atomic mass is 10.1. The number of carbonyl (C=O) groups is 5. The third kappa shape index (κ3) is 8.16. The molecule has 2 heterocycles. The highest BCUT2D eigenvalue weighted by Gasteiger charge is 2.31. The molecule has 2 rings (SSSR count). The summed E-state index contributed by atoms with van der Waals surface area (Å²) in [4.78, 5) is 67.2. The van der Waals surface area contributed by atoms with Crippen LogP contribution in [0.4, 0.5) is 0 Å². The van der Waals surface area contributed by atoms with Gasteiger partial charge in [-0.3, -0.25) is 19.2 Å². The van der Waals surface area contributed by atoms with Crippen molar-refractivity contribution in [3.05, 3.63) is 18.2 Å². The van der Waals surface area contributed by atoms with Crippen LogP contribution >= 0.6 is 0 Å². The molecule has 1 aliphatic rings. The molecule has 0 aliphatic carbocycles. The highest BCUT2D eigenvalue weighted by Crippen LogP contribution is 2.08. The third-order valence-electron chi connectivity index (χ3n) is 5.10. The zero-order chi connectivity index (χ0) is 24.4. The average molecular weight is 467 g/mol. The Morgan fingerprint density at radius 2 is 1.82 bits per heavy atom. The molecule has 14 nitrogen and oxygen atoms in total. The van der Waals surface area contributed by atoms with Gasteiger partial charge in [0.25, 0.3) is 0 Å². The summed E-state index contributed by atoms with van der Waals surface area (Å²) in [6, 6.07) is -4.46. The van der Waals surface area contributed by atoms with Gasteiger partial charge in [0.05, 0.1) is 19.0 Å². The molecule has 0 spiro atoms. The molecule has 0 bridgehead atoms. The first-order valence-electron chi connectivity index (χ1n) is 10.4. The number of imidazole rings is 1. The number of carbonyl (C=O) groups excluding carboxylic acids is 4. The van der Waals surface area contributed by atoms with Gasteiger partial charge in [-0.2, -0.15) is 0 Å². The summed E-state index contributed by atoms with van der Waals surface area (Å²) in [7, 11) is 0. The number of H-pyrrole nitrogens is 1. The molecule has 1 aromatic rings. The molecule has 0 saturated carbocycles. The maximum atomic E-state index is 13.0. The van der Waals surface area contributed by atoms with Crippen LogP contribution in [0.1, 0.15) is 31.4 Å². The second-order valence-electron chi connectivity index (χ2n) is 7.64. The molecular formula is C19H29N7O7. The van der Waals surface area contributed by atoms with E-state index in [9.17, 15) is 24.0 Å². The van der Waals surface area contributed by atoms with Gasteiger partial charge in [0, 0.05) is 24.7 Å². The lowest BCUT2D eigenvalue weighted by Gasteiger charge is -2.24. The number of aromatic nitrogens is 2. The van der Waals surface area contributed by atoms with Crippen molar-refractivity contribution in [1.82, 2.24) is 31.2 Å². The van der Waals surface area contributed by atoms with E-state index in [4.69, 9.17) is 15.9 Å². The van der Waals surface area contributed by atoms with Crippen molar-refractivity contribution in [2.75, 3.05) is 13.2 Å². The van der Waals surface area contributed by atoms with E-state index in [1.54, 1.807) is 0 Å². The number of hydrogen-bond donors (Lipinski definition) is 8. The van der Waals surface area contributed by atoms with Crippen molar-refractivity contribution in [2.45, 2.75) is 56.3 Å². The molecule has 1 fully saturated rings. The fraction of sp³-hybridized carbons (Fsp3) is 0.579. The molecule has 4 amide bonds. The lowest BCUT2D eigenvalue weighted by Crippen LogP contribution is -2.58. The maximum Gasteiger partial charge on any atom is 0.328 e. The molecule has 4 unspecified atom stereocenters. The number of aliphatic hydroxyl groups is 1. The summed E-state index contributed by atoms with van der Waals surface area (Å²) in [5.74, 6) is -4.23. The fourth-order valence-corrected chi connectivity index (χ4v) is 3.29. The van der Waals surface area contributed by atoms with Crippen LogP contribution in [0.5, 0.6) is 0 Å². The van der Waals surface area contributed by atoms with Gasteiger partial charge in [-0.25, -0.2) is 9.78 Å². The van der Waals surface area contributed by atoms with Gasteiger partial charge in [-0.15, -0.1) is 0 Å². The van der Waals surface area contributed by atoms with E-state index in [0.717, 1.165) is 6.42 Å². The highest BCUT2D eigenvalue weighted by molar-refractivity contribution is 5.94. The van der Waals surface area contributed by atoms with Gasteiger partial charge >= 0.3 is 5.97 Å². The van der Waals surface area contributed by atoms with Crippen molar-refractivity contribution in [3.8, 4) is 0 Å². The first kappa shape index (κ1) is 25.7. The predicted octanol–water partition coefficient (Wildman–Crippen LogP) is -3.50. The topological polar surface area (TPSA) is 229 Å². The fourth-order valence-electron chi connectivity index (χ4n) is 3.29. The number of nitrogens with zero attached hydrogens (tertiary/aromatic N) is 1. The quantitative estimate of drug-likeness (QED) is 0.144. The van der Waals surface area contributed by atoms with Crippen molar-refractivity contribution in [3.63, 3.8) is 0 Å². The highest BCUT2D eigenvalue weighted by atomic mass is 16.4. The van der Waals surface area contributed by atoms with E-state index in [1.807, 2.05) is 0 Å². The Kier molecular flexibility index (Phi) is 9.75. The SMILES string of the molecule is NC(=O)CCC(NC(=O)C(Cc1cnc[nH]1)NC(=O)C1CCCN1)C(=O)NC(CO)C(=O)O. The third-order valence-corrected chi connectivity index (χ3v) is 5.10. The van der Waals surface area contributed by atoms with E-state index in [2.05, 4.69) is 31.2 Å². The first-order valence-corrected chi connectivity index (χ1v) is 10.4. The molecule has 1 aromatic heterocycles. The number of primary amides is 1. The molecule has 0 radical (unpaired) electrons. The number of aliphatic hydroxyl groups excluding tert-OH is 1. The molecular weight excluding hydrogens is 438 g/mol. The average Bonchev–Trinajstić information content (AvgIpc) is 3.47. The number of carboxylic acid groups (broad SMARTS) is 1. The molecule has 182 valence electrons. The van der Waals surface area contributed by atoms with Gasteiger partial charge in [0.2, 0.25) is 23.6 Å².